The van der Waals surface area contributed by atoms with E-state index in [2.05, 4.69) is 30.1 Å². The summed E-state index contributed by atoms with van der Waals surface area (Å²) in [6.45, 7) is 7.96. The summed E-state index contributed by atoms with van der Waals surface area (Å²) in [5.74, 6) is 0.508. The van der Waals surface area contributed by atoms with Gasteiger partial charge in [-0.05, 0) is 44.2 Å². The lowest BCUT2D eigenvalue weighted by atomic mass is 9.89. The number of aryl methyl sites for hydroxylation is 1. The quantitative estimate of drug-likeness (QED) is 0.328. The van der Waals surface area contributed by atoms with E-state index >= 15 is 0 Å². The minimum atomic E-state index is 0.0979. The molecule has 28 heavy (non-hydrogen) atoms. The smallest absolute Gasteiger partial charge is 0.195 e. The van der Waals surface area contributed by atoms with E-state index in [0.717, 1.165) is 53.8 Å². The number of nitrogens with one attached hydrogen (secondary N) is 1. The van der Waals surface area contributed by atoms with Crippen LogP contribution in [0, 0.1) is 6.92 Å². The lowest BCUT2D eigenvalue weighted by molar-refractivity contribution is 0.103. The highest BCUT2D eigenvalue weighted by Crippen LogP contribution is 2.34. The number of rotatable bonds is 10. The van der Waals surface area contributed by atoms with Gasteiger partial charge in [-0.25, -0.2) is 0 Å². The van der Waals surface area contributed by atoms with Crippen LogP contribution in [-0.4, -0.2) is 24.0 Å². The standard InChI is InChI=1S/C25H31NO2/c1-4-28-17-10-6-7-12-18(2)21-15-11-16-22-24(21)23(19(3)26-22)25(27)20-13-8-5-9-14-20/h5,8-9,11,13-16,18,26H,4,6-7,10,12,17H2,1-3H3. The number of unbranched alkanes of at least 4 members (excludes halogenated alkanes) is 2. The molecule has 3 aromatic rings. The molecular weight excluding hydrogens is 346 g/mol. The first kappa shape index (κ1) is 20.3. The van der Waals surface area contributed by atoms with E-state index in [1.165, 1.54) is 18.4 Å². The van der Waals surface area contributed by atoms with Crippen LogP contribution in [0.3, 0.4) is 0 Å². The summed E-state index contributed by atoms with van der Waals surface area (Å²) in [7, 11) is 0. The van der Waals surface area contributed by atoms with Crippen molar-refractivity contribution < 1.29 is 9.53 Å². The third-order valence-electron chi connectivity index (χ3n) is 5.47. The minimum absolute atomic E-state index is 0.0979. The van der Waals surface area contributed by atoms with E-state index in [9.17, 15) is 4.79 Å². The van der Waals surface area contributed by atoms with Crippen molar-refractivity contribution in [2.75, 3.05) is 13.2 Å². The number of H-pyrrole nitrogens is 1. The molecule has 0 aliphatic rings. The molecule has 1 aromatic heterocycles. The van der Waals surface area contributed by atoms with Gasteiger partial charge in [-0.1, -0.05) is 62.2 Å². The highest BCUT2D eigenvalue weighted by atomic mass is 16.5. The molecule has 1 heterocycles. The number of hydrogen-bond acceptors (Lipinski definition) is 2. The number of ether oxygens (including phenoxy) is 1. The van der Waals surface area contributed by atoms with Gasteiger partial charge < -0.3 is 9.72 Å². The molecule has 1 N–H and O–H groups in total. The van der Waals surface area contributed by atoms with Crippen molar-refractivity contribution in [3.05, 3.63) is 70.9 Å². The van der Waals surface area contributed by atoms with Gasteiger partial charge in [0.05, 0.1) is 5.56 Å². The fraction of sp³-hybridized carbons (Fsp3) is 0.400. The largest absolute Gasteiger partial charge is 0.382 e. The number of carbonyl (C=O) groups is 1. The van der Waals surface area contributed by atoms with Crippen LogP contribution in [0.25, 0.3) is 10.9 Å². The second-order valence-corrected chi connectivity index (χ2v) is 7.54. The zero-order chi connectivity index (χ0) is 19.9. The van der Waals surface area contributed by atoms with E-state index in [1.54, 1.807) is 0 Å². The maximum atomic E-state index is 13.2. The third kappa shape index (κ3) is 4.53. The molecular formula is C25H31NO2. The molecule has 0 aliphatic carbocycles. The fourth-order valence-electron chi connectivity index (χ4n) is 3.96. The van der Waals surface area contributed by atoms with E-state index in [-0.39, 0.29) is 5.78 Å². The Morgan fingerprint density at radius 3 is 2.57 bits per heavy atom. The lowest BCUT2D eigenvalue weighted by Crippen LogP contribution is -2.04. The van der Waals surface area contributed by atoms with Crippen LogP contribution in [0.2, 0.25) is 0 Å². The molecule has 3 rings (SSSR count). The number of ketones is 1. The molecule has 0 aliphatic heterocycles. The molecule has 0 saturated heterocycles. The molecule has 0 spiro atoms. The highest BCUT2D eigenvalue weighted by molar-refractivity contribution is 6.18. The van der Waals surface area contributed by atoms with Crippen molar-refractivity contribution >= 4 is 16.7 Å². The van der Waals surface area contributed by atoms with Gasteiger partial charge in [0.2, 0.25) is 0 Å². The molecule has 148 valence electrons. The monoisotopic (exact) mass is 377 g/mol. The van der Waals surface area contributed by atoms with Crippen LogP contribution < -0.4 is 0 Å². The third-order valence-corrected chi connectivity index (χ3v) is 5.47. The average Bonchev–Trinajstić information content (AvgIpc) is 3.06. The molecule has 0 amide bonds. The van der Waals surface area contributed by atoms with E-state index in [1.807, 2.05) is 44.2 Å². The SMILES string of the molecule is CCOCCCCCC(C)c1cccc2[nH]c(C)c(C(=O)c3ccccc3)c12. The van der Waals surface area contributed by atoms with Crippen molar-refractivity contribution in [1.82, 2.24) is 4.98 Å². The minimum Gasteiger partial charge on any atom is -0.382 e. The molecule has 2 aromatic carbocycles. The maximum absolute atomic E-state index is 13.2. The van der Waals surface area contributed by atoms with Gasteiger partial charge in [-0.15, -0.1) is 0 Å². The van der Waals surface area contributed by atoms with E-state index in [0.29, 0.717) is 5.92 Å². The Bertz CT molecular complexity index is 911. The predicted octanol–water partition coefficient (Wildman–Crippen LogP) is 6.41. The number of hydrogen-bond donors (Lipinski definition) is 1. The fourth-order valence-corrected chi connectivity index (χ4v) is 3.96. The van der Waals surface area contributed by atoms with Gasteiger partial charge in [0, 0.05) is 35.4 Å². The van der Waals surface area contributed by atoms with E-state index in [4.69, 9.17) is 4.74 Å². The summed E-state index contributed by atoms with van der Waals surface area (Å²) >= 11 is 0. The second kappa shape index (κ2) is 9.70. The van der Waals surface area contributed by atoms with E-state index < -0.39 is 0 Å². The Morgan fingerprint density at radius 2 is 1.82 bits per heavy atom. The van der Waals surface area contributed by atoms with Gasteiger partial charge in [-0.2, -0.15) is 0 Å². The Balaban J connectivity index is 1.84. The van der Waals surface area contributed by atoms with Crippen molar-refractivity contribution in [1.29, 1.82) is 0 Å². The van der Waals surface area contributed by atoms with Crippen LogP contribution in [0.15, 0.2) is 48.5 Å². The van der Waals surface area contributed by atoms with Gasteiger partial charge in [0.25, 0.3) is 0 Å². The Labute approximate surface area is 168 Å². The molecule has 0 fully saturated rings. The van der Waals surface area contributed by atoms with Crippen molar-refractivity contribution in [3.63, 3.8) is 0 Å². The average molecular weight is 378 g/mol. The number of aromatic amines is 1. The normalized spacial score (nSPS) is 12.4. The Kier molecular flexibility index (Phi) is 7.05. The molecule has 0 radical (unpaired) electrons. The molecule has 0 bridgehead atoms. The van der Waals surface area contributed by atoms with Crippen LogP contribution in [0.1, 0.15) is 72.6 Å². The first-order chi connectivity index (χ1) is 13.6. The molecule has 0 saturated carbocycles. The molecule has 3 nitrogen and oxygen atoms in total. The van der Waals surface area contributed by atoms with Crippen LogP contribution >= 0.6 is 0 Å². The molecule has 1 atom stereocenters. The van der Waals surface area contributed by atoms with Gasteiger partial charge >= 0.3 is 0 Å². The lowest BCUT2D eigenvalue weighted by Gasteiger charge is -2.14. The Hall–Kier alpha value is -2.39. The first-order valence-electron chi connectivity index (χ1n) is 10.4. The molecule has 3 heteroatoms. The zero-order valence-electron chi connectivity index (χ0n) is 17.3. The van der Waals surface area contributed by atoms with Crippen molar-refractivity contribution in [2.45, 2.75) is 52.4 Å². The topological polar surface area (TPSA) is 42.1 Å². The number of fused-ring (bicyclic) bond motifs is 1. The number of carbonyl (C=O) groups excluding carboxylic acids is 1. The first-order valence-corrected chi connectivity index (χ1v) is 10.4. The summed E-state index contributed by atoms with van der Waals surface area (Å²) in [6.07, 6.45) is 4.60. The zero-order valence-corrected chi connectivity index (χ0v) is 17.3. The summed E-state index contributed by atoms with van der Waals surface area (Å²) in [4.78, 5) is 16.7. The number of aromatic nitrogens is 1. The van der Waals surface area contributed by atoms with Gasteiger partial charge in [0.1, 0.15) is 0 Å². The van der Waals surface area contributed by atoms with Crippen LogP contribution in [-0.2, 0) is 4.74 Å². The Morgan fingerprint density at radius 1 is 1.04 bits per heavy atom. The maximum Gasteiger partial charge on any atom is 0.195 e. The summed E-state index contributed by atoms with van der Waals surface area (Å²) in [6, 6.07) is 15.9. The van der Waals surface area contributed by atoms with Crippen molar-refractivity contribution in [2.24, 2.45) is 0 Å². The highest BCUT2D eigenvalue weighted by Gasteiger charge is 2.21. The number of benzene rings is 2. The van der Waals surface area contributed by atoms with Gasteiger partial charge in [0.15, 0.2) is 5.78 Å². The van der Waals surface area contributed by atoms with Crippen LogP contribution in [0.5, 0.6) is 0 Å². The second-order valence-electron chi connectivity index (χ2n) is 7.54. The summed E-state index contributed by atoms with van der Waals surface area (Å²) in [5.41, 5.74) is 4.83. The summed E-state index contributed by atoms with van der Waals surface area (Å²) in [5, 5.41) is 1.09. The van der Waals surface area contributed by atoms with Gasteiger partial charge in [-0.3, -0.25) is 4.79 Å². The van der Waals surface area contributed by atoms with Crippen molar-refractivity contribution in [3.8, 4) is 0 Å². The summed E-state index contributed by atoms with van der Waals surface area (Å²) < 4.78 is 5.43. The van der Waals surface area contributed by atoms with Crippen LogP contribution in [0.4, 0.5) is 0 Å². The predicted molar refractivity (Wildman–Crippen MR) is 116 cm³/mol. The molecule has 1 unspecified atom stereocenters.